The molecule has 0 saturated carbocycles. The number of nitrogens with two attached hydrogens (primary N) is 1. The van der Waals surface area contributed by atoms with Crippen LogP contribution in [0, 0.1) is 0 Å². The van der Waals surface area contributed by atoms with E-state index < -0.39 is 0 Å². The van der Waals surface area contributed by atoms with Gasteiger partial charge >= 0.3 is 0 Å². The first-order chi connectivity index (χ1) is 16.8. The van der Waals surface area contributed by atoms with Gasteiger partial charge in [-0.3, -0.25) is 4.79 Å². The summed E-state index contributed by atoms with van der Waals surface area (Å²) in [7, 11) is 1.61. The lowest BCUT2D eigenvalue weighted by Crippen LogP contribution is -2.23. The average Bonchev–Trinajstić information content (AvgIpc) is 3.51. The van der Waals surface area contributed by atoms with Gasteiger partial charge in [0.2, 0.25) is 5.95 Å². The topological polar surface area (TPSA) is 129 Å². The van der Waals surface area contributed by atoms with Crippen molar-refractivity contribution in [2.75, 3.05) is 12.8 Å². The van der Waals surface area contributed by atoms with Gasteiger partial charge in [0, 0.05) is 41.7 Å². The van der Waals surface area contributed by atoms with Crippen molar-refractivity contribution >= 4 is 22.9 Å². The molecule has 3 heterocycles. The first-order valence-electron chi connectivity index (χ1n) is 11.1. The van der Waals surface area contributed by atoms with Crippen molar-refractivity contribution in [1.82, 2.24) is 39.6 Å². The minimum atomic E-state index is -0.307. The lowest BCUT2D eigenvalue weighted by Gasteiger charge is -2.25. The van der Waals surface area contributed by atoms with Crippen LogP contribution in [0.2, 0.25) is 0 Å². The summed E-state index contributed by atoms with van der Waals surface area (Å²) >= 11 is 0. The van der Waals surface area contributed by atoms with E-state index in [0.29, 0.717) is 5.56 Å². The van der Waals surface area contributed by atoms with Crippen LogP contribution in [0.1, 0.15) is 31.1 Å². The van der Waals surface area contributed by atoms with Crippen LogP contribution < -0.4 is 11.1 Å². The molecule has 0 radical (unpaired) electrons. The number of fused-ring (bicyclic) bond motifs is 1. The maximum absolute atomic E-state index is 12.5. The van der Waals surface area contributed by atoms with Crippen molar-refractivity contribution in [2.45, 2.75) is 26.3 Å². The first-order valence-corrected chi connectivity index (χ1v) is 11.1. The fourth-order valence-electron chi connectivity index (χ4n) is 4.14. The smallest absolute Gasteiger partial charge is 0.251 e. The molecule has 1 amide bonds. The Morgan fingerprint density at radius 1 is 1.03 bits per heavy atom. The van der Waals surface area contributed by atoms with E-state index in [2.05, 4.69) is 50.7 Å². The Morgan fingerprint density at radius 2 is 1.80 bits per heavy atom. The molecule has 0 unspecified atom stereocenters. The predicted molar refractivity (Wildman–Crippen MR) is 134 cm³/mol. The minimum Gasteiger partial charge on any atom is -0.368 e. The molecule has 0 aliphatic rings. The molecule has 0 atom stereocenters. The summed E-state index contributed by atoms with van der Waals surface area (Å²) in [5.74, 6) is 0.765. The predicted octanol–water partition coefficient (Wildman–Crippen LogP) is 3.44. The van der Waals surface area contributed by atoms with E-state index in [1.54, 1.807) is 36.5 Å². The lowest BCUT2D eigenvalue weighted by molar-refractivity contribution is 0.0963. The molecule has 0 saturated heterocycles. The average molecular weight is 468 g/mol. The van der Waals surface area contributed by atoms with Gasteiger partial charge in [0.25, 0.3) is 5.91 Å². The first kappa shape index (κ1) is 22.2. The number of carbonyl (C=O) groups is 1. The number of nitrogen functional groups attached to an aromatic ring is 1. The molecular formula is C25H25N9O. The molecule has 0 aliphatic heterocycles. The third-order valence-electron chi connectivity index (χ3n) is 5.72. The molecule has 0 aliphatic carbocycles. The monoisotopic (exact) mass is 467 g/mol. The van der Waals surface area contributed by atoms with Gasteiger partial charge in [-0.2, -0.15) is 5.10 Å². The largest absolute Gasteiger partial charge is 0.368 e. The van der Waals surface area contributed by atoms with Gasteiger partial charge in [-0.05, 0) is 56.7 Å². The molecule has 176 valence electrons. The van der Waals surface area contributed by atoms with E-state index in [1.165, 1.54) is 6.33 Å². The normalized spacial score (nSPS) is 11.7. The number of hydrogen-bond acceptors (Lipinski definition) is 7. The number of aromatic nitrogens is 7. The maximum atomic E-state index is 12.5. The molecule has 5 aromatic rings. The summed E-state index contributed by atoms with van der Waals surface area (Å²) in [6, 6.07) is 11.5. The van der Waals surface area contributed by atoms with Crippen molar-refractivity contribution in [3.05, 3.63) is 67.0 Å². The van der Waals surface area contributed by atoms with Gasteiger partial charge in [0.05, 0.1) is 16.7 Å². The second-order valence-electron chi connectivity index (χ2n) is 9.13. The van der Waals surface area contributed by atoms with Crippen LogP contribution in [0.5, 0.6) is 0 Å². The standard InChI is InChI=1S/C25H25N9O/c1-25(2,3)34-21-8-5-15(17-11-29-24(26)30-12-17)10-19(21)32-22(34)18-9-16(23(35)27-4)6-7-20(18)33-14-28-13-31-33/h5-14H,1-4H3,(H,27,35)(H2,26,29,30). The highest BCUT2D eigenvalue weighted by Gasteiger charge is 2.25. The van der Waals surface area contributed by atoms with Crippen molar-refractivity contribution in [3.8, 4) is 28.2 Å². The summed E-state index contributed by atoms with van der Waals surface area (Å²) in [5.41, 5.74) is 10.9. The molecule has 0 bridgehead atoms. The van der Waals surface area contributed by atoms with Crippen LogP contribution in [0.4, 0.5) is 5.95 Å². The van der Waals surface area contributed by atoms with Gasteiger partial charge in [0.1, 0.15) is 18.5 Å². The van der Waals surface area contributed by atoms with Crippen LogP contribution >= 0.6 is 0 Å². The Labute approximate surface area is 201 Å². The van der Waals surface area contributed by atoms with E-state index in [1.807, 2.05) is 30.3 Å². The number of anilines is 1. The highest BCUT2D eigenvalue weighted by atomic mass is 16.1. The van der Waals surface area contributed by atoms with E-state index >= 15 is 0 Å². The molecule has 35 heavy (non-hydrogen) atoms. The van der Waals surface area contributed by atoms with Gasteiger partial charge < -0.3 is 15.6 Å². The molecule has 3 aromatic heterocycles. The number of hydrogen-bond donors (Lipinski definition) is 2. The summed E-state index contributed by atoms with van der Waals surface area (Å²) < 4.78 is 3.85. The SMILES string of the molecule is CNC(=O)c1ccc(-n2cncn2)c(-c2nc3cc(-c4cnc(N)nc4)ccc3n2C(C)(C)C)c1. The van der Waals surface area contributed by atoms with E-state index in [9.17, 15) is 4.79 Å². The number of rotatable bonds is 4. The van der Waals surface area contributed by atoms with Crippen molar-refractivity contribution in [3.63, 3.8) is 0 Å². The number of carbonyl (C=O) groups excluding carboxylic acids is 1. The molecule has 2 aromatic carbocycles. The second-order valence-corrected chi connectivity index (χ2v) is 9.13. The van der Waals surface area contributed by atoms with Crippen LogP contribution in [0.3, 0.4) is 0 Å². The zero-order chi connectivity index (χ0) is 24.7. The molecule has 5 rings (SSSR count). The second kappa shape index (κ2) is 8.32. The maximum Gasteiger partial charge on any atom is 0.251 e. The number of amides is 1. The Hall–Kier alpha value is -4.60. The molecule has 0 spiro atoms. The Kier molecular flexibility index (Phi) is 5.28. The van der Waals surface area contributed by atoms with Crippen LogP contribution in [-0.4, -0.2) is 47.2 Å². The van der Waals surface area contributed by atoms with E-state index in [-0.39, 0.29) is 17.4 Å². The van der Waals surface area contributed by atoms with Gasteiger partial charge in [0.15, 0.2) is 0 Å². The molecule has 10 nitrogen and oxygen atoms in total. The molecule has 3 N–H and O–H groups in total. The van der Waals surface area contributed by atoms with Crippen molar-refractivity contribution < 1.29 is 4.79 Å². The number of nitrogens with zero attached hydrogens (tertiary/aromatic N) is 7. The molecular weight excluding hydrogens is 442 g/mol. The summed E-state index contributed by atoms with van der Waals surface area (Å²) in [5, 5.41) is 7.01. The quantitative estimate of drug-likeness (QED) is 0.414. The third-order valence-corrected chi connectivity index (χ3v) is 5.72. The van der Waals surface area contributed by atoms with Crippen molar-refractivity contribution in [1.29, 1.82) is 0 Å². The van der Waals surface area contributed by atoms with E-state index in [0.717, 1.165) is 39.2 Å². The van der Waals surface area contributed by atoms with Crippen LogP contribution in [-0.2, 0) is 5.54 Å². The summed E-state index contributed by atoms with van der Waals surface area (Å²) in [6.07, 6.45) is 6.49. The Morgan fingerprint density at radius 3 is 2.46 bits per heavy atom. The Balaban J connectivity index is 1.78. The van der Waals surface area contributed by atoms with Crippen LogP contribution in [0.15, 0.2) is 61.4 Å². The Bertz CT molecular complexity index is 1530. The van der Waals surface area contributed by atoms with Crippen LogP contribution in [0.25, 0.3) is 39.2 Å². The summed E-state index contributed by atoms with van der Waals surface area (Å²) in [6.45, 7) is 6.37. The molecule has 10 heteroatoms. The minimum absolute atomic E-state index is 0.180. The highest BCUT2D eigenvalue weighted by molar-refractivity contribution is 5.96. The lowest BCUT2D eigenvalue weighted by atomic mass is 10.0. The number of nitrogens with one attached hydrogen (secondary N) is 1. The zero-order valence-electron chi connectivity index (χ0n) is 19.9. The summed E-state index contributed by atoms with van der Waals surface area (Å²) in [4.78, 5) is 29.8. The van der Waals surface area contributed by atoms with Gasteiger partial charge in [-0.1, -0.05) is 6.07 Å². The van der Waals surface area contributed by atoms with Gasteiger partial charge in [-0.15, -0.1) is 0 Å². The van der Waals surface area contributed by atoms with E-state index in [4.69, 9.17) is 10.7 Å². The van der Waals surface area contributed by atoms with Crippen molar-refractivity contribution in [2.24, 2.45) is 0 Å². The van der Waals surface area contributed by atoms with Gasteiger partial charge in [-0.25, -0.2) is 24.6 Å². The zero-order valence-corrected chi connectivity index (χ0v) is 19.9. The highest BCUT2D eigenvalue weighted by Crippen LogP contribution is 2.36. The molecule has 0 fully saturated rings. The fourth-order valence-corrected chi connectivity index (χ4v) is 4.14. The third kappa shape index (κ3) is 3.99. The fraction of sp³-hybridized carbons (Fsp3) is 0.200. The number of imidazole rings is 1. The number of benzene rings is 2.